The van der Waals surface area contributed by atoms with Crippen molar-refractivity contribution in [2.24, 2.45) is 5.84 Å². The molecule has 20 heavy (non-hydrogen) atoms. The maximum absolute atomic E-state index is 13.7. The van der Waals surface area contributed by atoms with E-state index < -0.39 is 23.5 Å². The summed E-state index contributed by atoms with van der Waals surface area (Å²) in [5.74, 6) is 3.27. The molecule has 0 aliphatic rings. The van der Waals surface area contributed by atoms with Gasteiger partial charge in [0.1, 0.15) is 5.82 Å². The molecule has 6 heteroatoms. The van der Waals surface area contributed by atoms with Crippen molar-refractivity contribution in [1.29, 1.82) is 0 Å². The van der Waals surface area contributed by atoms with E-state index in [1.54, 1.807) is 6.07 Å². The normalized spacial score (nSPS) is 12.4. The van der Waals surface area contributed by atoms with Crippen molar-refractivity contribution in [3.8, 4) is 0 Å². The second kappa shape index (κ2) is 6.39. The minimum Gasteiger partial charge on any atom is -0.271 e. The third kappa shape index (κ3) is 3.20. The van der Waals surface area contributed by atoms with Crippen molar-refractivity contribution >= 4 is 15.9 Å². The standard InChI is InChI=1S/C14H12BrF3N2/c15-11-7-9(16)4-5-10(11)13(20-19)6-8-2-1-3-12(17)14(8)18/h1-5,7,13,20H,6,19H2. The second-order valence-corrected chi connectivity index (χ2v) is 5.16. The van der Waals surface area contributed by atoms with Crippen LogP contribution in [0.1, 0.15) is 17.2 Å². The van der Waals surface area contributed by atoms with Crippen molar-refractivity contribution in [2.45, 2.75) is 12.5 Å². The first-order chi connectivity index (χ1) is 9.52. The summed E-state index contributed by atoms with van der Waals surface area (Å²) in [5.41, 5.74) is 3.39. The third-order valence-electron chi connectivity index (χ3n) is 2.99. The molecule has 0 fully saturated rings. The van der Waals surface area contributed by atoms with Gasteiger partial charge in [-0.2, -0.15) is 0 Å². The number of halogens is 4. The summed E-state index contributed by atoms with van der Waals surface area (Å²) in [6.07, 6.45) is 0.143. The van der Waals surface area contributed by atoms with Crippen LogP contribution in [0.15, 0.2) is 40.9 Å². The summed E-state index contributed by atoms with van der Waals surface area (Å²) < 4.78 is 40.4. The van der Waals surface area contributed by atoms with Gasteiger partial charge < -0.3 is 0 Å². The number of hydrogen-bond donors (Lipinski definition) is 2. The number of rotatable bonds is 4. The van der Waals surface area contributed by atoms with Crippen LogP contribution in [0, 0.1) is 17.5 Å². The first kappa shape index (κ1) is 15.0. The number of benzene rings is 2. The molecular weight excluding hydrogens is 333 g/mol. The number of nitrogens with one attached hydrogen (secondary N) is 1. The first-order valence-electron chi connectivity index (χ1n) is 5.87. The highest BCUT2D eigenvalue weighted by molar-refractivity contribution is 9.10. The van der Waals surface area contributed by atoms with Gasteiger partial charge in [0.2, 0.25) is 0 Å². The molecule has 0 radical (unpaired) electrons. The van der Waals surface area contributed by atoms with Crippen LogP contribution in [-0.4, -0.2) is 0 Å². The summed E-state index contributed by atoms with van der Waals surface area (Å²) >= 11 is 3.23. The molecule has 0 saturated heterocycles. The molecule has 0 heterocycles. The van der Waals surface area contributed by atoms with Crippen LogP contribution in [0.4, 0.5) is 13.2 Å². The van der Waals surface area contributed by atoms with Crippen LogP contribution >= 0.6 is 15.9 Å². The molecule has 0 spiro atoms. The Hall–Kier alpha value is -1.37. The Morgan fingerprint density at radius 1 is 1.15 bits per heavy atom. The summed E-state index contributed by atoms with van der Waals surface area (Å²) in [6, 6.07) is 7.62. The molecule has 106 valence electrons. The molecule has 0 aromatic heterocycles. The molecule has 1 unspecified atom stereocenters. The molecule has 3 N–H and O–H groups in total. The molecule has 2 nitrogen and oxygen atoms in total. The van der Waals surface area contributed by atoms with Crippen molar-refractivity contribution in [3.63, 3.8) is 0 Å². The van der Waals surface area contributed by atoms with Gasteiger partial charge >= 0.3 is 0 Å². The third-order valence-corrected chi connectivity index (χ3v) is 3.68. The quantitative estimate of drug-likeness (QED) is 0.656. The lowest BCUT2D eigenvalue weighted by Crippen LogP contribution is -2.30. The Kier molecular flexibility index (Phi) is 4.80. The monoisotopic (exact) mass is 344 g/mol. The molecule has 0 saturated carbocycles. The number of hydrogen-bond acceptors (Lipinski definition) is 2. The van der Waals surface area contributed by atoms with E-state index in [1.807, 2.05) is 0 Å². The lowest BCUT2D eigenvalue weighted by molar-refractivity contribution is 0.480. The minimum absolute atomic E-state index is 0.143. The molecule has 2 aromatic carbocycles. The Bertz CT molecular complexity index is 619. The number of hydrazine groups is 1. The van der Waals surface area contributed by atoms with Gasteiger partial charge in [-0.3, -0.25) is 11.3 Å². The molecule has 2 rings (SSSR count). The zero-order valence-corrected chi connectivity index (χ0v) is 11.9. The van der Waals surface area contributed by atoms with Gasteiger partial charge in [0.15, 0.2) is 11.6 Å². The summed E-state index contributed by atoms with van der Waals surface area (Å²) in [5, 5.41) is 0. The molecule has 0 amide bonds. The van der Waals surface area contributed by atoms with E-state index in [1.165, 1.54) is 24.3 Å². The molecule has 2 aromatic rings. The highest BCUT2D eigenvalue weighted by Crippen LogP contribution is 2.27. The summed E-state index contributed by atoms with van der Waals surface area (Å²) in [7, 11) is 0. The van der Waals surface area contributed by atoms with E-state index >= 15 is 0 Å². The summed E-state index contributed by atoms with van der Waals surface area (Å²) in [6.45, 7) is 0. The number of nitrogens with two attached hydrogens (primary N) is 1. The van der Waals surface area contributed by atoms with Crippen LogP contribution in [-0.2, 0) is 6.42 Å². The van der Waals surface area contributed by atoms with Crippen LogP contribution in [0.3, 0.4) is 0 Å². The average molecular weight is 345 g/mol. The van der Waals surface area contributed by atoms with Crippen LogP contribution < -0.4 is 11.3 Å². The van der Waals surface area contributed by atoms with E-state index in [9.17, 15) is 13.2 Å². The maximum Gasteiger partial charge on any atom is 0.162 e. The van der Waals surface area contributed by atoms with Gasteiger partial charge in [-0.1, -0.05) is 34.1 Å². The van der Waals surface area contributed by atoms with Gasteiger partial charge in [-0.25, -0.2) is 13.2 Å². The van der Waals surface area contributed by atoms with Gasteiger partial charge in [0.25, 0.3) is 0 Å². The average Bonchev–Trinajstić information content (AvgIpc) is 2.41. The lowest BCUT2D eigenvalue weighted by atomic mass is 9.99. The van der Waals surface area contributed by atoms with E-state index in [4.69, 9.17) is 5.84 Å². The highest BCUT2D eigenvalue weighted by atomic mass is 79.9. The zero-order valence-electron chi connectivity index (χ0n) is 10.3. The fourth-order valence-corrected chi connectivity index (χ4v) is 2.60. The van der Waals surface area contributed by atoms with E-state index in [0.29, 0.717) is 10.0 Å². The highest BCUT2D eigenvalue weighted by Gasteiger charge is 2.17. The molecule has 1 atom stereocenters. The fraction of sp³-hybridized carbons (Fsp3) is 0.143. The van der Waals surface area contributed by atoms with Crippen molar-refractivity contribution in [3.05, 3.63) is 69.4 Å². The van der Waals surface area contributed by atoms with Gasteiger partial charge in [0, 0.05) is 4.47 Å². The van der Waals surface area contributed by atoms with Crippen molar-refractivity contribution in [2.75, 3.05) is 0 Å². The fourth-order valence-electron chi connectivity index (χ4n) is 1.97. The van der Waals surface area contributed by atoms with E-state index in [-0.39, 0.29) is 12.0 Å². The first-order valence-corrected chi connectivity index (χ1v) is 6.66. The van der Waals surface area contributed by atoms with Gasteiger partial charge in [-0.05, 0) is 35.7 Å². The van der Waals surface area contributed by atoms with Crippen LogP contribution in [0.2, 0.25) is 0 Å². The second-order valence-electron chi connectivity index (χ2n) is 4.30. The Morgan fingerprint density at radius 2 is 1.90 bits per heavy atom. The Balaban J connectivity index is 2.31. The lowest BCUT2D eigenvalue weighted by Gasteiger charge is -2.18. The molecule has 0 aliphatic heterocycles. The summed E-state index contributed by atoms with van der Waals surface area (Å²) in [4.78, 5) is 0. The smallest absolute Gasteiger partial charge is 0.162 e. The van der Waals surface area contributed by atoms with Crippen molar-refractivity contribution < 1.29 is 13.2 Å². The maximum atomic E-state index is 13.7. The van der Waals surface area contributed by atoms with Crippen LogP contribution in [0.25, 0.3) is 0 Å². The molecular formula is C14H12BrF3N2. The SMILES string of the molecule is NNC(Cc1cccc(F)c1F)c1ccc(F)cc1Br. The Morgan fingerprint density at radius 3 is 2.55 bits per heavy atom. The predicted octanol–water partition coefficient (Wildman–Crippen LogP) is 3.61. The van der Waals surface area contributed by atoms with E-state index in [2.05, 4.69) is 21.4 Å². The zero-order chi connectivity index (χ0) is 14.7. The van der Waals surface area contributed by atoms with E-state index in [0.717, 1.165) is 6.07 Å². The van der Waals surface area contributed by atoms with Crippen molar-refractivity contribution in [1.82, 2.24) is 5.43 Å². The predicted molar refractivity (Wildman–Crippen MR) is 74.2 cm³/mol. The molecule has 0 bridgehead atoms. The molecule has 0 aliphatic carbocycles. The Labute approximate surface area is 122 Å². The van der Waals surface area contributed by atoms with Gasteiger partial charge in [-0.15, -0.1) is 0 Å². The van der Waals surface area contributed by atoms with Gasteiger partial charge in [0.05, 0.1) is 6.04 Å². The topological polar surface area (TPSA) is 38.0 Å². The largest absolute Gasteiger partial charge is 0.271 e. The minimum atomic E-state index is -0.906. The van der Waals surface area contributed by atoms with Crippen LogP contribution in [0.5, 0.6) is 0 Å².